The van der Waals surface area contributed by atoms with Crippen LogP contribution in [0.15, 0.2) is 75.7 Å². The number of thiazole rings is 1. The van der Waals surface area contributed by atoms with Gasteiger partial charge in [0, 0.05) is 5.56 Å². The van der Waals surface area contributed by atoms with E-state index in [0.717, 1.165) is 5.56 Å². The number of para-hydroxylation sites is 1. The van der Waals surface area contributed by atoms with Gasteiger partial charge in [-0.2, -0.15) is 0 Å². The smallest absolute Gasteiger partial charge is 0.338 e. The quantitative estimate of drug-likeness (QED) is 0.579. The Balaban J connectivity index is 2.00. The summed E-state index contributed by atoms with van der Waals surface area (Å²) in [4.78, 5) is 31.5. The molecule has 1 unspecified atom stereocenters. The van der Waals surface area contributed by atoms with Gasteiger partial charge in [0.25, 0.3) is 5.56 Å². The zero-order valence-electron chi connectivity index (χ0n) is 17.5. The number of rotatable bonds is 5. The van der Waals surface area contributed by atoms with E-state index in [2.05, 4.69) is 4.99 Å². The van der Waals surface area contributed by atoms with Crippen molar-refractivity contribution in [1.82, 2.24) is 4.57 Å². The lowest BCUT2D eigenvalue weighted by Crippen LogP contribution is -2.40. The molecular formula is C24H22N2O4S. The van der Waals surface area contributed by atoms with E-state index >= 15 is 0 Å². The summed E-state index contributed by atoms with van der Waals surface area (Å²) in [5, 5.41) is 0. The molecule has 1 aliphatic rings. The summed E-state index contributed by atoms with van der Waals surface area (Å²) in [6.07, 6.45) is 1.84. The van der Waals surface area contributed by atoms with Crippen molar-refractivity contribution in [3.63, 3.8) is 0 Å². The van der Waals surface area contributed by atoms with E-state index in [-0.39, 0.29) is 12.2 Å². The first kappa shape index (κ1) is 20.8. The van der Waals surface area contributed by atoms with Gasteiger partial charge in [0.15, 0.2) is 4.80 Å². The van der Waals surface area contributed by atoms with Gasteiger partial charge < -0.3 is 9.47 Å². The number of ether oxygens (including phenoxy) is 2. The van der Waals surface area contributed by atoms with Crippen molar-refractivity contribution in [2.45, 2.75) is 19.9 Å². The molecule has 1 aliphatic heterocycles. The molecule has 1 atom stereocenters. The lowest BCUT2D eigenvalue weighted by Gasteiger charge is -2.25. The molecule has 1 aromatic heterocycles. The van der Waals surface area contributed by atoms with Crippen molar-refractivity contribution >= 4 is 23.4 Å². The van der Waals surface area contributed by atoms with Gasteiger partial charge in [-0.15, -0.1) is 0 Å². The van der Waals surface area contributed by atoms with Crippen molar-refractivity contribution in [2.24, 2.45) is 4.99 Å². The normalized spacial score (nSPS) is 16.0. The maximum absolute atomic E-state index is 13.5. The van der Waals surface area contributed by atoms with Crippen molar-refractivity contribution in [1.29, 1.82) is 0 Å². The highest BCUT2D eigenvalue weighted by Gasteiger charge is 2.34. The van der Waals surface area contributed by atoms with Crippen molar-refractivity contribution in [3.8, 4) is 5.75 Å². The number of hydrogen-bond acceptors (Lipinski definition) is 6. The second kappa shape index (κ2) is 8.73. The SMILES string of the molecule is CCOC(=O)C1=C(C)N=c2sc(=Cc3ccccc3)c(=O)n2C1c1ccccc1OC. The van der Waals surface area contributed by atoms with Crippen LogP contribution in [0.3, 0.4) is 0 Å². The molecule has 6 nitrogen and oxygen atoms in total. The number of esters is 1. The standard InChI is InChI=1S/C24H22N2O4S/c1-4-30-23(28)20-15(2)25-24-26(21(20)17-12-8-9-13-18(17)29-3)22(27)19(31-24)14-16-10-6-5-7-11-16/h5-14,21H,4H2,1-3H3. The van der Waals surface area contributed by atoms with Gasteiger partial charge in [0.05, 0.1) is 29.5 Å². The fraction of sp³-hybridized carbons (Fsp3) is 0.208. The predicted molar refractivity (Wildman–Crippen MR) is 120 cm³/mol. The van der Waals surface area contributed by atoms with Gasteiger partial charge in [0.2, 0.25) is 0 Å². The minimum atomic E-state index is -0.690. The topological polar surface area (TPSA) is 69.9 Å². The fourth-order valence-corrected chi connectivity index (χ4v) is 4.73. The number of fused-ring (bicyclic) bond motifs is 1. The molecule has 0 N–H and O–H groups in total. The lowest BCUT2D eigenvalue weighted by atomic mass is 9.95. The van der Waals surface area contributed by atoms with Crippen LogP contribution in [0, 0.1) is 0 Å². The molecule has 0 aliphatic carbocycles. The third-order valence-corrected chi connectivity index (χ3v) is 6.03. The van der Waals surface area contributed by atoms with E-state index in [0.29, 0.717) is 31.9 Å². The third-order valence-electron chi connectivity index (χ3n) is 5.05. The molecule has 31 heavy (non-hydrogen) atoms. The minimum Gasteiger partial charge on any atom is -0.496 e. The molecule has 0 saturated heterocycles. The zero-order valence-corrected chi connectivity index (χ0v) is 18.3. The Morgan fingerprint density at radius 3 is 2.58 bits per heavy atom. The number of aromatic nitrogens is 1. The summed E-state index contributed by atoms with van der Waals surface area (Å²) in [7, 11) is 1.57. The zero-order chi connectivity index (χ0) is 22.0. The van der Waals surface area contributed by atoms with E-state index < -0.39 is 12.0 Å². The number of nitrogens with zero attached hydrogens (tertiary/aromatic N) is 2. The number of benzene rings is 2. The Kier molecular flexibility index (Phi) is 5.86. The van der Waals surface area contributed by atoms with Crippen LogP contribution in [-0.2, 0) is 9.53 Å². The first-order valence-corrected chi connectivity index (χ1v) is 10.7. The third kappa shape index (κ3) is 3.84. The molecule has 0 radical (unpaired) electrons. The molecule has 0 saturated carbocycles. The highest BCUT2D eigenvalue weighted by molar-refractivity contribution is 7.07. The Hall–Kier alpha value is -3.45. The van der Waals surface area contributed by atoms with Gasteiger partial charge in [-0.25, -0.2) is 9.79 Å². The van der Waals surface area contributed by atoms with Crippen LogP contribution in [0.2, 0.25) is 0 Å². The average molecular weight is 435 g/mol. The number of allylic oxidation sites excluding steroid dienone is 1. The Morgan fingerprint density at radius 2 is 1.87 bits per heavy atom. The summed E-state index contributed by atoms with van der Waals surface area (Å²) in [5.41, 5.74) is 2.28. The van der Waals surface area contributed by atoms with Crippen LogP contribution in [0.25, 0.3) is 6.08 Å². The largest absolute Gasteiger partial charge is 0.496 e. The van der Waals surface area contributed by atoms with Crippen LogP contribution in [-0.4, -0.2) is 24.3 Å². The monoisotopic (exact) mass is 434 g/mol. The molecule has 0 bridgehead atoms. The molecule has 158 valence electrons. The first-order chi connectivity index (χ1) is 15.0. The number of methoxy groups -OCH3 is 1. The summed E-state index contributed by atoms with van der Waals surface area (Å²) in [5.74, 6) is 0.0960. The Bertz CT molecular complexity index is 1340. The number of carbonyl (C=O) groups excluding carboxylic acids is 1. The lowest BCUT2D eigenvalue weighted by molar-refractivity contribution is -0.139. The molecule has 7 heteroatoms. The van der Waals surface area contributed by atoms with Crippen LogP contribution in [0.5, 0.6) is 5.75 Å². The fourth-order valence-electron chi connectivity index (χ4n) is 3.68. The van der Waals surface area contributed by atoms with Crippen LogP contribution in [0.4, 0.5) is 0 Å². The molecule has 0 amide bonds. The van der Waals surface area contributed by atoms with E-state index in [1.54, 1.807) is 25.5 Å². The van der Waals surface area contributed by atoms with Crippen molar-refractivity contribution in [2.75, 3.05) is 13.7 Å². The second-order valence-corrected chi connectivity index (χ2v) is 7.96. The van der Waals surface area contributed by atoms with Gasteiger partial charge in [-0.05, 0) is 31.6 Å². The molecule has 3 aromatic rings. The van der Waals surface area contributed by atoms with Crippen molar-refractivity contribution in [3.05, 3.63) is 96.7 Å². The van der Waals surface area contributed by atoms with Crippen LogP contribution in [0.1, 0.15) is 31.0 Å². The van der Waals surface area contributed by atoms with Gasteiger partial charge in [-0.1, -0.05) is 59.9 Å². The summed E-state index contributed by atoms with van der Waals surface area (Å²) >= 11 is 1.30. The van der Waals surface area contributed by atoms with Gasteiger partial charge >= 0.3 is 5.97 Å². The van der Waals surface area contributed by atoms with E-state index in [4.69, 9.17) is 9.47 Å². The maximum atomic E-state index is 13.5. The van der Waals surface area contributed by atoms with Crippen LogP contribution < -0.4 is 19.6 Å². The van der Waals surface area contributed by atoms with Crippen molar-refractivity contribution < 1.29 is 14.3 Å². The summed E-state index contributed by atoms with van der Waals surface area (Å²) in [6, 6.07) is 16.3. The highest BCUT2D eigenvalue weighted by Crippen LogP contribution is 2.35. The van der Waals surface area contributed by atoms with E-state index in [1.165, 1.54) is 11.3 Å². The minimum absolute atomic E-state index is 0.210. The molecule has 2 aromatic carbocycles. The molecule has 2 heterocycles. The molecule has 4 rings (SSSR count). The number of carbonyl (C=O) groups is 1. The predicted octanol–water partition coefficient (Wildman–Crippen LogP) is 2.81. The molecular weight excluding hydrogens is 412 g/mol. The average Bonchev–Trinajstić information content (AvgIpc) is 3.08. The molecule has 0 fully saturated rings. The number of hydrogen-bond donors (Lipinski definition) is 0. The summed E-state index contributed by atoms with van der Waals surface area (Å²) in [6.45, 7) is 3.75. The highest BCUT2D eigenvalue weighted by atomic mass is 32.1. The Labute approximate surface area is 183 Å². The Morgan fingerprint density at radius 1 is 1.16 bits per heavy atom. The maximum Gasteiger partial charge on any atom is 0.338 e. The van der Waals surface area contributed by atoms with Gasteiger partial charge in [0.1, 0.15) is 11.8 Å². The molecule has 0 spiro atoms. The van der Waals surface area contributed by atoms with Crippen LogP contribution >= 0.6 is 11.3 Å². The van der Waals surface area contributed by atoms with E-state index in [9.17, 15) is 9.59 Å². The second-order valence-electron chi connectivity index (χ2n) is 6.95. The first-order valence-electron chi connectivity index (χ1n) is 9.92. The summed E-state index contributed by atoms with van der Waals surface area (Å²) < 4.78 is 13.0. The van der Waals surface area contributed by atoms with Gasteiger partial charge in [-0.3, -0.25) is 9.36 Å². The van der Waals surface area contributed by atoms with E-state index in [1.807, 2.05) is 60.7 Å².